The van der Waals surface area contributed by atoms with Crippen LogP contribution in [0.3, 0.4) is 0 Å². The van der Waals surface area contributed by atoms with E-state index in [1.54, 1.807) is 6.92 Å². The van der Waals surface area contributed by atoms with E-state index in [0.29, 0.717) is 18.9 Å². The van der Waals surface area contributed by atoms with E-state index >= 15 is 0 Å². The molecule has 2 rings (SSSR count). The van der Waals surface area contributed by atoms with Crippen molar-refractivity contribution >= 4 is 24.0 Å². The number of hydrogen-bond acceptors (Lipinski definition) is 6. The van der Waals surface area contributed by atoms with Gasteiger partial charge in [0, 0.05) is 18.7 Å². The summed E-state index contributed by atoms with van der Waals surface area (Å²) >= 11 is 0. The molecule has 1 saturated heterocycles. The summed E-state index contributed by atoms with van der Waals surface area (Å²) in [5, 5.41) is 17.3. The molecule has 0 bridgehead atoms. The second-order valence-electron chi connectivity index (χ2n) is 5.23. The van der Waals surface area contributed by atoms with E-state index in [0.717, 1.165) is 19.4 Å². The van der Waals surface area contributed by atoms with E-state index in [2.05, 4.69) is 10.6 Å². The van der Waals surface area contributed by atoms with Gasteiger partial charge in [-0.2, -0.15) is 0 Å². The first-order chi connectivity index (χ1) is 11.1. The minimum absolute atomic E-state index is 0. The Bertz CT molecular complexity index is 591. The minimum atomic E-state index is -0.591. The van der Waals surface area contributed by atoms with Gasteiger partial charge in [-0.1, -0.05) is 0 Å². The number of nitro benzene ring substituents is 1. The first-order valence-corrected chi connectivity index (χ1v) is 7.57. The fourth-order valence-electron chi connectivity index (χ4n) is 2.55. The van der Waals surface area contributed by atoms with Crippen molar-refractivity contribution in [2.45, 2.75) is 25.8 Å². The van der Waals surface area contributed by atoms with Crippen LogP contribution in [0.25, 0.3) is 0 Å². The fraction of sp³-hybridized carbons (Fsp3) is 0.533. The molecule has 1 aromatic carbocycles. The van der Waals surface area contributed by atoms with Crippen LogP contribution in [0.2, 0.25) is 0 Å². The van der Waals surface area contributed by atoms with E-state index in [4.69, 9.17) is 9.47 Å². The number of nitro groups is 1. The Morgan fingerprint density at radius 1 is 1.46 bits per heavy atom. The van der Waals surface area contributed by atoms with Crippen LogP contribution in [0.5, 0.6) is 11.5 Å². The third kappa shape index (κ3) is 4.72. The van der Waals surface area contributed by atoms with Crippen LogP contribution in [-0.4, -0.2) is 43.7 Å². The van der Waals surface area contributed by atoms with Crippen LogP contribution in [0.4, 0.5) is 5.69 Å². The molecule has 1 fully saturated rings. The highest BCUT2D eigenvalue weighted by Gasteiger charge is 2.26. The SMILES string of the molecule is CCOc1cc(C(=O)NC2CCCNC2)c([N+](=O)[O-])cc1OC.Cl. The Hall–Kier alpha value is -2.06. The Kier molecular flexibility index (Phi) is 7.73. The number of hydrogen-bond donors (Lipinski definition) is 2. The summed E-state index contributed by atoms with van der Waals surface area (Å²) < 4.78 is 10.5. The van der Waals surface area contributed by atoms with Gasteiger partial charge in [0.2, 0.25) is 0 Å². The van der Waals surface area contributed by atoms with Gasteiger partial charge in [-0.05, 0) is 26.3 Å². The Balaban J connectivity index is 0.00000288. The van der Waals surface area contributed by atoms with E-state index < -0.39 is 10.8 Å². The van der Waals surface area contributed by atoms with Gasteiger partial charge in [0.1, 0.15) is 5.56 Å². The van der Waals surface area contributed by atoms with Crippen LogP contribution >= 0.6 is 12.4 Å². The zero-order chi connectivity index (χ0) is 16.8. The first kappa shape index (κ1) is 20.0. The summed E-state index contributed by atoms with van der Waals surface area (Å²) in [6.45, 7) is 3.73. The number of rotatable bonds is 6. The number of carbonyl (C=O) groups excluding carboxylic acids is 1. The van der Waals surface area contributed by atoms with Gasteiger partial charge in [0.05, 0.1) is 24.7 Å². The normalized spacial score (nSPS) is 16.7. The molecule has 1 amide bonds. The standard InChI is InChI=1S/C15H21N3O5.ClH/c1-3-23-14-7-11(12(18(20)21)8-13(14)22-2)15(19)17-10-5-4-6-16-9-10;/h7-8,10,16H,3-6,9H2,1-2H3,(H,17,19);1H. The average molecular weight is 360 g/mol. The average Bonchev–Trinajstić information content (AvgIpc) is 2.55. The molecule has 0 aliphatic carbocycles. The van der Waals surface area contributed by atoms with Gasteiger partial charge in [0.15, 0.2) is 11.5 Å². The van der Waals surface area contributed by atoms with Crippen LogP contribution in [0.1, 0.15) is 30.1 Å². The van der Waals surface area contributed by atoms with Crippen molar-refractivity contribution in [2.75, 3.05) is 26.8 Å². The fourth-order valence-corrected chi connectivity index (χ4v) is 2.55. The van der Waals surface area contributed by atoms with Crippen molar-refractivity contribution in [2.24, 2.45) is 0 Å². The highest BCUT2D eigenvalue weighted by molar-refractivity contribution is 5.99. The molecule has 1 aromatic rings. The molecule has 0 aromatic heterocycles. The summed E-state index contributed by atoms with van der Waals surface area (Å²) in [5.41, 5.74) is -0.323. The third-order valence-electron chi connectivity index (χ3n) is 3.66. The summed E-state index contributed by atoms with van der Waals surface area (Å²) in [6.07, 6.45) is 1.81. The lowest BCUT2D eigenvalue weighted by Gasteiger charge is -2.23. The van der Waals surface area contributed by atoms with Gasteiger partial charge >= 0.3 is 0 Å². The maximum Gasteiger partial charge on any atom is 0.286 e. The van der Waals surface area contributed by atoms with Gasteiger partial charge in [0.25, 0.3) is 11.6 Å². The van der Waals surface area contributed by atoms with Gasteiger partial charge in [-0.15, -0.1) is 12.4 Å². The van der Waals surface area contributed by atoms with Crippen LogP contribution < -0.4 is 20.1 Å². The molecule has 0 spiro atoms. The number of ether oxygens (including phenoxy) is 2. The van der Waals surface area contributed by atoms with Crippen molar-refractivity contribution in [3.8, 4) is 11.5 Å². The molecule has 0 radical (unpaired) electrons. The highest BCUT2D eigenvalue weighted by atomic mass is 35.5. The summed E-state index contributed by atoms with van der Waals surface area (Å²) in [7, 11) is 1.40. The predicted molar refractivity (Wildman–Crippen MR) is 91.4 cm³/mol. The number of halogens is 1. The topological polar surface area (TPSA) is 103 Å². The van der Waals surface area contributed by atoms with Gasteiger partial charge in [-0.25, -0.2) is 0 Å². The van der Waals surface area contributed by atoms with Crippen molar-refractivity contribution in [1.82, 2.24) is 10.6 Å². The molecule has 8 nitrogen and oxygen atoms in total. The quantitative estimate of drug-likeness (QED) is 0.594. The van der Waals surface area contributed by atoms with Gasteiger partial charge < -0.3 is 20.1 Å². The van der Waals surface area contributed by atoms with E-state index in [1.807, 2.05) is 0 Å². The van der Waals surface area contributed by atoms with Crippen LogP contribution in [0.15, 0.2) is 12.1 Å². The van der Waals surface area contributed by atoms with E-state index in [9.17, 15) is 14.9 Å². The molecule has 24 heavy (non-hydrogen) atoms. The van der Waals surface area contributed by atoms with E-state index in [-0.39, 0.29) is 35.4 Å². The summed E-state index contributed by atoms with van der Waals surface area (Å²) in [6, 6.07) is 2.55. The molecule has 134 valence electrons. The van der Waals surface area contributed by atoms with Crippen molar-refractivity contribution in [3.05, 3.63) is 27.8 Å². The van der Waals surface area contributed by atoms with Crippen molar-refractivity contribution in [1.29, 1.82) is 0 Å². The molecule has 2 N–H and O–H groups in total. The predicted octanol–water partition coefficient (Wildman–Crippen LogP) is 1.91. The molecule has 1 aliphatic rings. The van der Waals surface area contributed by atoms with Crippen molar-refractivity contribution in [3.63, 3.8) is 0 Å². The summed E-state index contributed by atoms with van der Waals surface area (Å²) in [5.74, 6) is 0.0657. The number of amides is 1. The maximum absolute atomic E-state index is 12.5. The lowest BCUT2D eigenvalue weighted by molar-refractivity contribution is -0.385. The largest absolute Gasteiger partial charge is 0.493 e. The molecule has 9 heteroatoms. The number of carbonyl (C=O) groups is 1. The third-order valence-corrected chi connectivity index (χ3v) is 3.66. The maximum atomic E-state index is 12.5. The summed E-state index contributed by atoms with van der Waals surface area (Å²) in [4.78, 5) is 23.1. The molecule has 1 atom stereocenters. The molecule has 1 aliphatic heterocycles. The zero-order valence-electron chi connectivity index (χ0n) is 13.7. The second kappa shape index (κ2) is 9.29. The molecular formula is C15H22ClN3O5. The minimum Gasteiger partial charge on any atom is -0.493 e. The number of methoxy groups -OCH3 is 1. The van der Waals surface area contributed by atoms with Gasteiger partial charge in [-0.3, -0.25) is 14.9 Å². The molecule has 0 saturated carbocycles. The Labute approximate surface area is 146 Å². The van der Waals surface area contributed by atoms with Crippen molar-refractivity contribution < 1.29 is 19.2 Å². The highest BCUT2D eigenvalue weighted by Crippen LogP contribution is 2.34. The molecule has 1 unspecified atom stereocenters. The smallest absolute Gasteiger partial charge is 0.286 e. The first-order valence-electron chi connectivity index (χ1n) is 7.57. The van der Waals surface area contributed by atoms with Crippen LogP contribution in [0, 0.1) is 10.1 Å². The lowest BCUT2D eigenvalue weighted by Crippen LogP contribution is -2.45. The zero-order valence-corrected chi connectivity index (χ0v) is 14.5. The number of nitrogens with one attached hydrogen (secondary N) is 2. The van der Waals surface area contributed by atoms with Crippen LogP contribution in [-0.2, 0) is 0 Å². The molecule has 1 heterocycles. The Morgan fingerprint density at radius 3 is 2.75 bits per heavy atom. The molecular weight excluding hydrogens is 338 g/mol. The lowest BCUT2D eigenvalue weighted by atomic mass is 10.1. The number of benzene rings is 1. The van der Waals surface area contributed by atoms with E-state index in [1.165, 1.54) is 19.2 Å². The monoisotopic (exact) mass is 359 g/mol. The number of nitrogens with zero attached hydrogens (tertiary/aromatic N) is 1. The second-order valence-corrected chi connectivity index (χ2v) is 5.23. The Morgan fingerprint density at radius 2 is 2.21 bits per heavy atom. The number of piperidine rings is 1.